The molecule has 8 heteroatoms. The van der Waals surface area contributed by atoms with Gasteiger partial charge in [0, 0.05) is 63.8 Å². The van der Waals surface area contributed by atoms with Crippen LogP contribution in [0.25, 0.3) is 0 Å². The molecular formula is C25H35FN4O3. The van der Waals surface area contributed by atoms with E-state index in [1.807, 2.05) is 14.7 Å². The van der Waals surface area contributed by atoms with E-state index in [1.54, 1.807) is 12.1 Å². The number of carbonyl (C=O) groups excluding carboxylic acids is 3. The first-order valence-corrected chi connectivity index (χ1v) is 12.3. The molecule has 0 spiro atoms. The highest BCUT2D eigenvalue weighted by atomic mass is 19.1. The number of carbonyl (C=O) groups is 3. The van der Waals surface area contributed by atoms with Crippen LogP contribution in [0.15, 0.2) is 18.2 Å². The Morgan fingerprint density at radius 2 is 1.52 bits per heavy atom. The molecule has 2 amide bonds. The third-order valence-electron chi connectivity index (χ3n) is 7.32. The van der Waals surface area contributed by atoms with Crippen molar-refractivity contribution in [2.45, 2.75) is 39.0 Å². The van der Waals surface area contributed by atoms with E-state index in [-0.39, 0.29) is 17.6 Å². The number of benzene rings is 1. The number of halogens is 1. The quantitative estimate of drug-likeness (QED) is 0.634. The van der Waals surface area contributed by atoms with Crippen LogP contribution >= 0.6 is 0 Å². The van der Waals surface area contributed by atoms with Gasteiger partial charge in [-0.2, -0.15) is 0 Å². The second-order valence-electron chi connectivity index (χ2n) is 9.53. The van der Waals surface area contributed by atoms with Crippen molar-refractivity contribution in [1.82, 2.24) is 14.7 Å². The molecule has 4 rings (SSSR count). The van der Waals surface area contributed by atoms with Crippen LogP contribution in [-0.4, -0.2) is 91.2 Å². The van der Waals surface area contributed by atoms with Gasteiger partial charge in [-0.25, -0.2) is 4.39 Å². The Kier molecular flexibility index (Phi) is 7.63. The van der Waals surface area contributed by atoms with Crippen LogP contribution in [-0.2, 0) is 9.59 Å². The van der Waals surface area contributed by atoms with E-state index in [1.165, 1.54) is 19.4 Å². The fourth-order valence-corrected chi connectivity index (χ4v) is 5.20. The molecule has 1 aromatic carbocycles. The lowest BCUT2D eigenvalue weighted by atomic mass is 9.88. The molecule has 3 aliphatic rings. The van der Waals surface area contributed by atoms with Gasteiger partial charge in [0.05, 0.1) is 12.2 Å². The Morgan fingerprint density at radius 3 is 2.12 bits per heavy atom. The molecule has 0 radical (unpaired) electrons. The van der Waals surface area contributed by atoms with Gasteiger partial charge in [-0.3, -0.25) is 19.3 Å². The van der Waals surface area contributed by atoms with Crippen molar-refractivity contribution in [3.8, 4) is 0 Å². The maximum absolute atomic E-state index is 14.5. The van der Waals surface area contributed by atoms with Crippen molar-refractivity contribution in [1.29, 1.82) is 0 Å². The minimum absolute atomic E-state index is 0.0918. The van der Waals surface area contributed by atoms with Gasteiger partial charge in [-0.05, 0) is 38.0 Å². The van der Waals surface area contributed by atoms with Crippen molar-refractivity contribution in [3.05, 3.63) is 29.6 Å². The van der Waals surface area contributed by atoms with Crippen molar-refractivity contribution in [3.63, 3.8) is 0 Å². The summed E-state index contributed by atoms with van der Waals surface area (Å²) < 4.78 is 14.5. The highest BCUT2D eigenvalue weighted by molar-refractivity contribution is 5.94. The summed E-state index contributed by atoms with van der Waals surface area (Å²) in [5.41, 5.74) is 0.844. The largest absolute Gasteiger partial charge is 0.366 e. The molecular weight excluding hydrogens is 423 g/mol. The van der Waals surface area contributed by atoms with Crippen LogP contribution in [0.2, 0.25) is 0 Å². The van der Waals surface area contributed by atoms with Crippen LogP contribution in [0.1, 0.15) is 49.4 Å². The summed E-state index contributed by atoms with van der Waals surface area (Å²) in [6.45, 7) is 6.88. The topological polar surface area (TPSA) is 64.2 Å². The Hall–Kier alpha value is -2.48. The molecule has 1 aliphatic carbocycles. The number of anilines is 1. The zero-order valence-electron chi connectivity index (χ0n) is 19.6. The molecule has 7 nitrogen and oxygen atoms in total. The minimum Gasteiger partial charge on any atom is -0.366 e. The lowest BCUT2D eigenvalue weighted by Gasteiger charge is -2.39. The van der Waals surface area contributed by atoms with E-state index in [4.69, 9.17) is 0 Å². The molecule has 2 aliphatic heterocycles. The average molecular weight is 459 g/mol. The summed E-state index contributed by atoms with van der Waals surface area (Å²) in [4.78, 5) is 44.9. The number of hydrogen-bond acceptors (Lipinski definition) is 5. The lowest BCUT2D eigenvalue weighted by molar-refractivity contribution is -0.139. The Balaban J connectivity index is 1.21. The minimum atomic E-state index is -0.400. The number of nitrogens with zero attached hydrogens (tertiary/aromatic N) is 4. The van der Waals surface area contributed by atoms with Crippen molar-refractivity contribution < 1.29 is 18.8 Å². The normalized spacial score (nSPS) is 20.7. The van der Waals surface area contributed by atoms with Crippen LogP contribution in [0, 0.1) is 11.7 Å². The highest BCUT2D eigenvalue weighted by Gasteiger charge is 2.30. The second kappa shape index (κ2) is 10.6. The van der Waals surface area contributed by atoms with Gasteiger partial charge in [0.1, 0.15) is 5.82 Å². The predicted molar refractivity (Wildman–Crippen MR) is 125 cm³/mol. The van der Waals surface area contributed by atoms with E-state index in [2.05, 4.69) is 4.90 Å². The maximum atomic E-state index is 14.5. The Bertz CT molecular complexity index is 870. The smallest absolute Gasteiger partial charge is 0.236 e. The number of amides is 2. The maximum Gasteiger partial charge on any atom is 0.236 e. The highest BCUT2D eigenvalue weighted by Crippen LogP contribution is 2.26. The monoisotopic (exact) mass is 458 g/mol. The third kappa shape index (κ3) is 5.72. The van der Waals surface area contributed by atoms with E-state index < -0.39 is 5.82 Å². The van der Waals surface area contributed by atoms with E-state index in [0.29, 0.717) is 63.0 Å². The first kappa shape index (κ1) is 23.7. The van der Waals surface area contributed by atoms with Gasteiger partial charge < -0.3 is 14.7 Å². The standard InChI is InChI=1S/C25H35FN4O3/c1-19(31)21-7-8-23(22(26)17-21)28-13-15-29(16-14-28)24(32)18-27-9-11-30(12-10-27)25(33)20-5-3-2-4-6-20/h7-8,17,20H,2-6,9-16,18H2,1H3. The van der Waals surface area contributed by atoms with Crippen LogP contribution in [0.4, 0.5) is 10.1 Å². The number of ketones is 1. The molecule has 180 valence electrons. The molecule has 0 N–H and O–H groups in total. The zero-order valence-corrected chi connectivity index (χ0v) is 19.6. The van der Waals surface area contributed by atoms with Gasteiger partial charge in [-0.15, -0.1) is 0 Å². The van der Waals surface area contributed by atoms with Gasteiger partial charge in [0.2, 0.25) is 11.8 Å². The van der Waals surface area contributed by atoms with E-state index >= 15 is 0 Å². The number of rotatable bonds is 5. The van der Waals surface area contributed by atoms with Gasteiger partial charge in [-0.1, -0.05) is 19.3 Å². The van der Waals surface area contributed by atoms with Crippen LogP contribution in [0.3, 0.4) is 0 Å². The summed E-state index contributed by atoms with van der Waals surface area (Å²) in [5, 5.41) is 0. The van der Waals surface area contributed by atoms with Gasteiger partial charge in [0.15, 0.2) is 5.78 Å². The van der Waals surface area contributed by atoms with Crippen molar-refractivity contribution in [2.75, 3.05) is 63.8 Å². The van der Waals surface area contributed by atoms with Gasteiger partial charge >= 0.3 is 0 Å². The first-order chi connectivity index (χ1) is 15.9. The molecule has 0 aromatic heterocycles. The molecule has 3 fully saturated rings. The molecule has 2 saturated heterocycles. The number of piperazine rings is 2. The molecule has 33 heavy (non-hydrogen) atoms. The summed E-state index contributed by atoms with van der Waals surface area (Å²) in [6, 6.07) is 4.59. The molecule has 1 aromatic rings. The van der Waals surface area contributed by atoms with Crippen molar-refractivity contribution in [2.24, 2.45) is 5.92 Å². The summed E-state index contributed by atoms with van der Waals surface area (Å²) in [7, 11) is 0. The molecule has 0 atom stereocenters. The summed E-state index contributed by atoms with van der Waals surface area (Å²) in [5.74, 6) is 0.0411. The van der Waals surface area contributed by atoms with E-state index in [0.717, 1.165) is 38.8 Å². The fraction of sp³-hybridized carbons (Fsp3) is 0.640. The fourth-order valence-electron chi connectivity index (χ4n) is 5.20. The zero-order chi connectivity index (χ0) is 23.4. The average Bonchev–Trinajstić information content (AvgIpc) is 2.84. The number of Topliss-reactive ketones (excluding diaryl/α,β-unsaturated/α-hetero) is 1. The van der Waals surface area contributed by atoms with Gasteiger partial charge in [0.25, 0.3) is 0 Å². The van der Waals surface area contributed by atoms with Crippen molar-refractivity contribution >= 4 is 23.3 Å². The summed E-state index contributed by atoms with van der Waals surface area (Å²) in [6.07, 6.45) is 5.61. The molecule has 1 saturated carbocycles. The SMILES string of the molecule is CC(=O)c1ccc(N2CCN(C(=O)CN3CCN(C(=O)C4CCCCC4)CC3)CC2)c(F)c1. The number of hydrogen-bond donors (Lipinski definition) is 0. The summed E-state index contributed by atoms with van der Waals surface area (Å²) >= 11 is 0. The second-order valence-corrected chi connectivity index (χ2v) is 9.53. The van der Waals surface area contributed by atoms with Crippen LogP contribution in [0.5, 0.6) is 0 Å². The molecule has 0 unspecified atom stereocenters. The lowest BCUT2D eigenvalue weighted by Crippen LogP contribution is -2.55. The molecule has 0 bridgehead atoms. The predicted octanol–water partition coefficient (Wildman–Crippen LogP) is 2.40. The first-order valence-electron chi connectivity index (χ1n) is 12.3. The van der Waals surface area contributed by atoms with Crippen LogP contribution < -0.4 is 4.90 Å². The molecule has 2 heterocycles. The van der Waals surface area contributed by atoms with E-state index in [9.17, 15) is 18.8 Å². The Labute approximate surface area is 195 Å². The third-order valence-corrected chi connectivity index (χ3v) is 7.32. The Morgan fingerprint density at radius 1 is 0.879 bits per heavy atom.